The van der Waals surface area contributed by atoms with Crippen molar-refractivity contribution in [3.05, 3.63) is 29.3 Å². The number of hydrogen-bond acceptors (Lipinski definition) is 6. The molecule has 4 atom stereocenters. The monoisotopic (exact) mass is 295 g/mol. The smallest absolute Gasteiger partial charge is 0.122 e. The lowest BCUT2D eigenvalue weighted by Gasteiger charge is -2.43. The topological polar surface area (TPSA) is 93.4 Å². The Balaban J connectivity index is 1.76. The molecule has 0 radical (unpaired) electrons. The molecule has 0 aliphatic carbocycles. The molecule has 0 saturated carbocycles. The average molecular weight is 295 g/mol. The first-order valence-corrected chi connectivity index (χ1v) is 7.24. The molecule has 1 saturated heterocycles. The summed E-state index contributed by atoms with van der Waals surface area (Å²) in [5.41, 5.74) is 2.19. The number of piperidine rings is 1. The van der Waals surface area contributed by atoms with Gasteiger partial charge in [0, 0.05) is 19.5 Å². The predicted octanol–water partition coefficient (Wildman–Crippen LogP) is -1.12. The molecule has 0 amide bonds. The summed E-state index contributed by atoms with van der Waals surface area (Å²) < 4.78 is 5.47. The van der Waals surface area contributed by atoms with E-state index in [0.29, 0.717) is 13.2 Å². The largest absolute Gasteiger partial charge is 0.493 e. The lowest BCUT2D eigenvalue weighted by Crippen LogP contribution is -2.62. The first-order chi connectivity index (χ1) is 10.1. The van der Waals surface area contributed by atoms with Gasteiger partial charge in [0.15, 0.2) is 0 Å². The molecule has 2 aliphatic heterocycles. The fraction of sp³-hybridized carbons (Fsp3) is 0.600. The van der Waals surface area contributed by atoms with Crippen LogP contribution in [0, 0.1) is 0 Å². The fourth-order valence-corrected chi connectivity index (χ4v) is 3.13. The number of hydrogen-bond donors (Lipinski definition) is 4. The highest BCUT2D eigenvalue weighted by molar-refractivity contribution is 5.39. The van der Waals surface area contributed by atoms with Gasteiger partial charge in [-0.05, 0) is 17.2 Å². The Morgan fingerprint density at radius 3 is 2.76 bits per heavy atom. The van der Waals surface area contributed by atoms with Gasteiger partial charge in [0.2, 0.25) is 0 Å². The number of benzene rings is 1. The van der Waals surface area contributed by atoms with Crippen LogP contribution in [0.1, 0.15) is 11.1 Å². The van der Waals surface area contributed by atoms with Gasteiger partial charge in [0.05, 0.1) is 25.4 Å². The van der Waals surface area contributed by atoms with Crippen molar-refractivity contribution < 1.29 is 25.2 Å². The molecule has 2 heterocycles. The molecular weight excluding hydrogens is 274 g/mol. The molecule has 1 aromatic carbocycles. The van der Waals surface area contributed by atoms with E-state index in [1.165, 1.54) is 0 Å². The lowest BCUT2D eigenvalue weighted by molar-refractivity contribution is -0.147. The van der Waals surface area contributed by atoms with Gasteiger partial charge in [0.25, 0.3) is 0 Å². The summed E-state index contributed by atoms with van der Waals surface area (Å²) in [7, 11) is 0. The summed E-state index contributed by atoms with van der Waals surface area (Å²) in [5.74, 6) is 0.909. The van der Waals surface area contributed by atoms with Crippen LogP contribution in [-0.4, -0.2) is 69.4 Å². The van der Waals surface area contributed by atoms with E-state index in [0.717, 1.165) is 23.3 Å². The molecule has 0 aromatic heterocycles. The highest BCUT2D eigenvalue weighted by Gasteiger charge is 2.40. The van der Waals surface area contributed by atoms with Gasteiger partial charge in [0.1, 0.15) is 18.0 Å². The van der Waals surface area contributed by atoms with Crippen molar-refractivity contribution in [2.75, 3.05) is 19.8 Å². The third kappa shape index (κ3) is 2.77. The SMILES string of the molecule is OC[C@H]1[C@@H](O)[C@H](O)[C@@H](O)CN1Cc1ccc2c(c1)CCO2. The Morgan fingerprint density at radius 1 is 1.19 bits per heavy atom. The van der Waals surface area contributed by atoms with Crippen molar-refractivity contribution in [2.45, 2.75) is 37.3 Å². The van der Waals surface area contributed by atoms with Gasteiger partial charge in [-0.1, -0.05) is 12.1 Å². The second kappa shape index (κ2) is 5.90. The quantitative estimate of drug-likeness (QED) is 0.564. The summed E-state index contributed by atoms with van der Waals surface area (Å²) >= 11 is 0. The van der Waals surface area contributed by atoms with Gasteiger partial charge in [-0.3, -0.25) is 4.90 Å². The van der Waals surface area contributed by atoms with E-state index in [-0.39, 0.29) is 13.2 Å². The van der Waals surface area contributed by atoms with Crippen molar-refractivity contribution in [1.82, 2.24) is 4.90 Å². The van der Waals surface area contributed by atoms with E-state index < -0.39 is 24.4 Å². The van der Waals surface area contributed by atoms with E-state index in [1.807, 2.05) is 12.1 Å². The van der Waals surface area contributed by atoms with Crippen LogP contribution in [-0.2, 0) is 13.0 Å². The van der Waals surface area contributed by atoms with Crippen LogP contribution in [0.5, 0.6) is 5.75 Å². The Labute approximate surface area is 123 Å². The van der Waals surface area contributed by atoms with Gasteiger partial charge in [-0.2, -0.15) is 0 Å². The standard InChI is InChI=1S/C15H21NO5/c17-8-11-14(19)15(20)12(18)7-16(11)6-9-1-2-13-10(5-9)3-4-21-13/h1-2,5,11-12,14-15,17-20H,3-4,6-8H2/t11-,12-,14+,15+/m0/s1. The maximum Gasteiger partial charge on any atom is 0.122 e. The number of nitrogens with zero attached hydrogens (tertiary/aromatic N) is 1. The van der Waals surface area contributed by atoms with Crippen molar-refractivity contribution in [1.29, 1.82) is 0 Å². The molecule has 0 spiro atoms. The number of rotatable bonds is 3. The van der Waals surface area contributed by atoms with Crippen molar-refractivity contribution in [3.63, 3.8) is 0 Å². The normalized spacial score (nSPS) is 32.8. The molecule has 3 rings (SSSR count). The third-order valence-electron chi connectivity index (χ3n) is 4.36. The van der Waals surface area contributed by atoms with Crippen molar-refractivity contribution in [3.8, 4) is 5.75 Å². The van der Waals surface area contributed by atoms with Crippen LogP contribution in [0.15, 0.2) is 18.2 Å². The number of fused-ring (bicyclic) bond motifs is 1. The van der Waals surface area contributed by atoms with Gasteiger partial charge in [-0.25, -0.2) is 0 Å². The summed E-state index contributed by atoms with van der Waals surface area (Å²) in [4.78, 5) is 1.81. The van der Waals surface area contributed by atoms with E-state index >= 15 is 0 Å². The number of β-amino-alcohol motifs (C(OH)–C–C–N with tert-alkyl or cyclic N) is 1. The van der Waals surface area contributed by atoms with Crippen LogP contribution >= 0.6 is 0 Å². The molecule has 6 nitrogen and oxygen atoms in total. The predicted molar refractivity (Wildman–Crippen MR) is 74.9 cm³/mol. The Kier molecular flexibility index (Phi) is 4.14. The van der Waals surface area contributed by atoms with Crippen LogP contribution < -0.4 is 4.74 Å². The van der Waals surface area contributed by atoms with E-state index in [4.69, 9.17) is 4.74 Å². The molecule has 0 bridgehead atoms. The minimum atomic E-state index is -1.22. The van der Waals surface area contributed by atoms with Gasteiger partial charge >= 0.3 is 0 Å². The minimum absolute atomic E-state index is 0.219. The number of likely N-dealkylation sites (tertiary alicyclic amines) is 1. The second-order valence-electron chi connectivity index (χ2n) is 5.77. The molecule has 6 heteroatoms. The number of aliphatic hydroxyl groups excluding tert-OH is 4. The Bertz CT molecular complexity index is 509. The average Bonchev–Trinajstić information content (AvgIpc) is 2.93. The molecule has 4 N–H and O–H groups in total. The molecule has 1 fully saturated rings. The zero-order valence-corrected chi connectivity index (χ0v) is 11.7. The molecule has 21 heavy (non-hydrogen) atoms. The summed E-state index contributed by atoms with van der Waals surface area (Å²) in [6, 6.07) is 5.35. The van der Waals surface area contributed by atoms with Gasteiger partial charge < -0.3 is 25.2 Å². The van der Waals surface area contributed by atoms with E-state index in [9.17, 15) is 20.4 Å². The fourth-order valence-electron chi connectivity index (χ4n) is 3.13. The van der Waals surface area contributed by atoms with Crippen LogP contribution in [0.25, 0.3) is 0 Å². The zero-order chi connectivity index (χ0) is 15.0. The van der Waals surface area contributed by atoms with E-state index in [1.54, 1.807) is 4.90 Å². The van der Waals surface area contributed by atoms with Crippen molar-refractivity contribution >= 4 is 0 Å². The minimum Gasteiger partial charge on any atom is -0.493 e. The molecule has 2 aliphatic rings. The van der Waals surface area contributed by atoms with Crippen molar-refractivity contribution in [2.24, 2.45) is 0 Å². The van der Waals surface area contributed by atoms with E-state index in [2.05, 4.69) is 6.07 Å². The first kappa shape index (κ1) is 14.7. The third-order valence-corrected chi connectivity index (χ3v) is 4.36. The van der Waals surface area contributed by atoms with Gasteiger partial charge in [-0.15, -0.1) is 0 Å². The van der Waals surface area contributed by atoms with Crippen LogP contribution in [0.2, 0.25) is 0 Å². The summed E-state index contributed by atoms with van der Waals surface area (Å²) in [6.07, 6.45) is -2.50. The number of ether oxygens (including phenoxy) is 1. The lowest BCUT2D eigenvalue weighted by atomic mass is 9.93. The zero-order valence-electron chi connectivity index (χ0n) is 11.7. The maximum atomic E-state index is 9.98. The Morgan fingerprint density at radius 2 is 2.00 bits per heavy atom. The summed E-state index contributed by atoms with van der Waals surface area (Å²) in [5, 5.41) is 38.9. The second-order valence-corrected chi connectivity index (χ2v) is 5.77. The molecule has 1 aromatic rings. The highest BCUT2D eigenvalue weighted by Crippen LogP contribution is 2.27. The summed E-state index contributed by atoms with van der Waals surface area (Å²) in [6.45, 7) is 1.15. The van der Waals surface area contributed by atoms with Crippen LogP contribution in [0.4, 0.5) is 0 Å². The van der Waals surface area contributed by atoms with Crippen LogP contribution in [0.3, 0.4) is 0 Å². The molecule has 0 unspecified atom stereocenters. The highest BCUT2D eigenvalue weighted by atomic mass is 16.5. The maximum absolute atomic E-state index is 9.98. The molecular formula is C15H21NO5. The number of aliphatic hydroxyl groups is 4. The molecule has 116 valence electrons. The first-order valence-electron chi connectivity index (χ1n) is 7.24. The Hall–Kier alpha value is -1.18.